The molecule has 0 N–H and O–H groups in total. The van der Waals surface area contributed by atoms with E-state index < -0.39 is 53.6 Å². The zero-order valence-electron chi connectivity index (χ0n) is 12.4. The molecule has 6 atom stereocenters. The molecule has 0 aromatic rings. The molecule has 2 saturated carbocycles. The Bertz CT molecular complexity index is 422. The largest absolute Gasteiger partial charge is 0.420 e. The molecule has 2 fully saturated rings. The van der Waals surface area contributed by atoms with E-state index in [4.69, 9.17) is 0 Å². The Balaban J connectivity index is 2.59. The van der Waals surface area contributed by atoms with Gasteiger partial charge >= 0.3 is 6.18 Å². The topological polar surface area (TPSA) is 9.23 Å². The van der Waals surface area contributed by atoms with E-state index in [9.17, 15) is 22.0 Å². The SMILES string of the molecule is CCOC(C)(C(F)(F)F)C1(F)C2CC(C(C)C2C)C1(F)F. The Hall–Kier alpha value is -0.460. The van der Waals surface area contributed by atoms with Crippen LogP contribution in [0.5, 0.6) is 0 Å². The molecule has 21 heavy (non-hydrogen) atoms. The summed E-state index contributed by atoms with van der Waals surface area (Å²) < 4.78 is 89.1. The van der Waals surface area contributed by atoms with E-state index in [2.05, 4.69) is 4.74 Å². The van der Waals surface area contributed by atoms with Crippen molar-refractivity contribution in [2.45, 2.75) is 57.5 Å². The van der Waals surface area contributed by atoms with Crippen LogP contribution in [0.25, 0.3) is 0 Å². The molecule has 2 aliphatic rings. The molecule has 0 heterocycles. The van der Waals surface area contributed by atoms with Crippen molar-refractivity contribution < 1.29 is 31.1 Å². The maximum atomic E-state index is 15.3. The highest BCUT2D eigenvalue weighted by Crippen LogP contribution is 2.70. The lowest BCUT2D eigenvalue weighted by molar-refractivity contribution is -0.361. The molecule has 7 heteroatoms. The highest BCUT2D eigenvalue weighted by atomic mass is 19.4. The Labute approximate surface area is 120 Å². The first-order valence-corrected chi connectivity index (χ1v) is 7.13. The predicted molar refractivity (Wildman–Crippen MR) is 64.8 cm³/mol. The Morgan fingerprint density at radius 3 is 1.90 bits per heavy atom. The van der Waals surface area contributed by atoms with Gasteiger partial charge in [-0.1, -0.05) is 13.8 Å². The molecule has 0 aliphatic heterocycles. The number of fused-ring (bicyclic) bond motifs is 2. The van der Waals surface area contributed by atoms with E-state index in [0.717, 1.165) is 0 Å². The molecule has 0 aromatic carbocycles. The number of alkyl halides is 6. The average Bonchev–Trinajstić information content (AvgIpc) is 2.74. The number of hydrogen-bond donors (Lipinski definition) is 0. The molecule has 0 saturated heterocycles. The highest BCUT2D eigenvalue weighted by molar-refractivity contribution is 5.24. The number of ether oxygens (including phenoxy) is 1. The monoisotopic (exact) mass is 318 g/mol. The fraction of sp³-hybridized carbons (Fsp3) is 1.00. The smallest absolute Gasteiger partial charge is 0.363 e. The highest BCUT2D eigenvalue weighted by Gasteiger charge is 2.85. The molecule has 1 nitrogen and oxygen atoms in total. The first-order valence-electron chi connectivity index (χ1n) is 7.13. The molecule has 0 radical (unpaired) electrons. The van der Waals surface area contributed by atoms with Crippen molar-refractivity contribution in [3.8, 4) is 0 Å². The molecular weight excluding hydrogens is 298 g/mol. The van der Waals surface area contributed by atoms with Gasteiger partial charge in [0.25, 0.3) is 5.92 Å². The van der Waals surface area contributed by atoms with Gasteiger partial charge < -0.3 is 4.74 Å². The van der Waals surface area contributed by atoms with Crippen molar-refractivity contribution in [2.75, 3.05) is 6.61 Å². The van der Waals surface area contributed by atoms with Crippen LogP contribution in [0.3, 0.4) is 0 Å². The van der Waals surface area contributed by atoms with Crippen molar-refractivity contribution in [2.24, 2.45) is 23.7 Å². The summed E-state index contributed by atoms with van der Waals surface area (Å²) in [5, 5.41) is 0. The summed E-state index contributed by atoms with van der Waals surface area (Å²) in [6, 6.07) is 0. The summed E-state index contributed by atoms with van der Waals surface area (Å²) in [6.45, 7) is 4.27. The second-order valence-electron chi connectivity index (χ2n) is 6.47. The summed E-state index contributed by atoms with van der Waals surface area (Å²) in [4.78, 5) is 0. The van der Waals surface area contributed by atoms with Crippen LogP contribution < -0.4 is 0 Å². The van der Waals surface area contributed by atoms with Crippen molar-refractivity contribution in [1.82, 2.24) is 0 Å². The zero-order chi connectivity index (χ0) is 16.4. The lowest BCUT2D eigenvalue weighted by Crippen LogP contribution is -2.71. The van der Waals surface area contributed by atoms with Crippen LogP contribution in [-0.4, -0.2) is 30.0 Å². The first kappa shape index (κ1) is 16.9. The third-order valence-electron chi connectivity index (χ3n) is 5.74. The van der Waals surface area contributed by atoms with Gasteiger partial charge in [-0.05, 0) is 32.1 Å². The van der Waals surface area contributed by atoms with E-state index in [-0.39, 0.29) is 6.42 Å². The van der Waals surface area contributed by atoms with E-state index in [1.54, 1.807) is 13.8 Å². The average molecular weight is 318 g/mol. The van der Waals surface area contributed by atoms with Gasteiger partial charge in [0.05, 0.1) is 0 Å². The van der Waals surface area contributed by atoms with Crippen molar-refractivity contribution in [3.63, 3.8) is 0 Å². The van der Waals surface area contributed by atoms with E-state index in [1.165, 1.54) is 6.92 Å². The van der Waals surface area contributed by atoms with Crippen LogP contribution >= 0.6 is 0 Å². The fourth-order valence-corrected chi connectivity index (χ4v) is 4.31. The molecule has 6 unspecified atom stereocenters. The zero-order valence-corrected chi connectivity index (χ0v) is 12.4. The Kier molecular flexibility index (Phi) is 3.64. The minimum atomic E-state index is -5.21. The van der Waals surface area contributed by atoms with Crippen LogP contribution in [0.1, 0.15) is 34.1 Å². The normalized spacial score (nSPS) is 44.9. The van der Waals surface area contributed by atoms with Gasteiger partial charge in [-0.25, -0.2) is 13.2 Å². The Morgan fingerprint density at radius 1 is 1.05 bits per heavy atom. The maximum Gasteiger partial charge on any atom is 0.420 e. The molecular formula is C14H20F6O. The summed E-state index contributed by atoms with van der Waals surface area (Å²) in [6.07, 6.45) is -5.45. The third kappa shape index (κ3) is 1.75. The lowest BCUT2D eigenvalue weighted by atomic mass is 9.64. The summed E-state index contributed by atoms with van der Waals surface area (Å²) in [7, 11) is 0. The molecule has 0 aromatic heterocycles. The van der Waals surface area contributed by atoms with Gasteiger partial charge in [0.1, 0.15) is 0 Å². The minimum Gasteiger partial charge on any atom is -0.363 e. The van der Waals surface area contributed by atoms with Crippen LogP contribution in [0.4, 0.5) is 26.3 Å². The van der Waals surface area contributed by atoms with Crippen molar-refractivity contribution in [3.05, 3.63) is 0 Å². The lowest BCUT2D eigenvalue weighted by Gasteiger charge is -2.51. The van der Waals surface area contributed by atoms with Crippen LogP contribution in [0.15, 0.2) is 0 Å². The van der Waals surface area contributed by atoms with Gasteiger partial charge in [-0.2, -0.15) is 13.2 Å². The van der Waals surface area contributed by atoms with Crippen molar-refractivity contribution in [1.29, 1.82) is 0 Å². The van der Waals surface area contributed by atoms with E-state index in [1.807, 2.05) is 0 Å². The van der Waals surface area contributed by atoms with Gasteiger partial charge in [-0.15, -0.1) is 0 Å². The van der Waals surface area contributed by atoms with Gasteiger partial charge in [0.15, 0.2) is 0 Å². The molecule has 2 rings (SSSR count). The van der Waals surface area contributed by atoms with E-state index in [0.29, 0.717) is 6.92 Å². The first-order chi connectivity index (χ1) is 9.36. The van der Waals surface area contributed by atoms with Crippen LogP contribution in [0.2, 0.25) is 0 Å². The van der Waals surface area contributed by atoms with Crippen LogP contribution in [0, 0.1) is 23.7 Å². The Morgan fingerprint density at radius 2 is 1.52 bits per heavy atom. The van der Waals surface area contributed by atoms with E-state index >= 15 is 4.39 Å². The molecule has 124 valence electrons. The number of halogens is 6. The quantitative estimate of drug-likeness (QED) is 0.691. The predicted octanol–water partition coefficient (Wildman–Crippen LogP) is 4.61. The molecule has 0 amide bonds. The summed E-state index contributed by atoms with van der Waals surface area (Å²) in [5.41, 5.74) is -7.24. The molecule has 2 aliphatic carbocycles. The standard InChI is InChI=1S/C14H20F6O/c1-5-21-11(4,14(18,19)20)12(15)9-6-10(13(12,16)17)8(3)7(9)2/h7-10H,5-6H2,1-4H3. The maximum absolute atomic E-state index is 15.3. The number of hydrogen-bond acceptors (Lipinski definition) is 1. The molecule has 0 spiro atoms. The fourth-order valence-electron chi connectivity index (χ4n) is 4.31. The number of rotatable bonds is 3. The van der Waals surface area contributed by atoms with Gasteiger partial charge in [0, 0.05) is 18.4 Å². The second-order valence-corrected chi connectivity index (χ2v) is 6.47. The second kappa shape index (κ2) is 4.52. The molecule has 2 bridgehead atoms. The van der Waals surface area contributed by atoms with Crippen LogP contribution in [-0.2, 0) is 4.74 Å². The third-order valence-corrected chi connectivity index (χ3v) is 5.74. The van der Waals surface area contributed by atoms with Gasteiger partial charge in [-0.3, -0.25) is 0 Å². The van der Waals surface area contributed by atoms with Gasteiger partial charge in [0.2, 0.25) is 11.3 Å². The summed E-state index contributed by atoms with van der Waals surface area (Å²) >= 11 is 0. The van der Waals surface area contributed by atoms with Crippen molar-refractivity contribution >= 4 is 0 Å². The summed E-state index contributed by atoms with van der Waals surface area (Å²) in [5.74, 6) is -7.83. The minimum absolute atomic E-state index is 0.232.